The fraction of sp³-hybridized carbons (Fsp3) is 0.471. The molecule has 1 aliphatic heterocycles. The molecule has 3 heterocycles. The standard InChI is InChI=1S/C17H20FN5O3S/c1-10(24)12-7-14(20-9-19-12)26-17(3)5-4-6-23(17)8-13-15(18)22-16(27-13)21-11(2)25/h7,9H,4-6,8H2,1-3H3,(H,21,22,25). The molecule has 1 aliphatic rings. The number of Topliss-reactive ketones (excluding diaryl/α,β-unsaturated/α-hetero) is 1. The molecule has 1 unspecified atom stereocenters. The van der Waals surface area contributed by atoms with Crippen LogP contribution in [0.4, 0.5) is 9.52 Å². The van der Waals surface area contributed by atoms with Crippen molar-refractivity contribution in [1.82, 2.24) is 19.9 Å². The van der Waals surface area contributed by atoms with Crippen LogP contribution in [0, 0.1) is 5.95 Å². The summed E-state index contributed by atoms with van der Waals surface area (Å²) in [5.74, 6) is -0.769. The molecule has 0 saturated carbocycles. The number of rotatable bonds is 6. The number of ether oxygens (including phenoxy) is 1. The highest BCUT2D eigenvalue weighted by Gasteiger charge is 2.40. The lowest BCUT2D eigenvalue weighted by molar-refractivity contribution is -0.114. The third-order valence-electron chi connectivity index (χ3n) is 4.33. The second-order valence-electron chi connectivity index (χ2n) is 6.51. The summed E-state index contributed by atoms with van der Waals surface area (Å²) in [5.41, 5.74) is -0.422. The zero-order chi connectivity index (χ0) is 19.6. The molecule has 1 fully saturated rings. The number of likely N-dealkylation sites (tertiary alicyclic amines) is 1. The molecule has 27 heavy (non-hydrogen) atoms. The summed E-state index contributed by atoms with van der Waals surface area (Å²) in [7, 11) is 0. The second kappa shape index (κ2) is 7.65. The van der Waals surface area contributed by atoms with Gasteiger partial charge >= 0.3 is 0 Å². The van der Waals surface area contributed by atoms with E-state index in [1.807, 2.05) is 11.8 Å². The molecule has 8 nitrogen and oxygen atoms in total. The molecule has 1 atom stereocenters. The number of hydrogen-bond donors (Lipinski definition) is 1. The highest BCUT2D eigenvalue weighted by atomic mass is 32.1. The van der Waals surface area contributed by atoms with Crippen molar-refractivity contribution < 1.29 is 18.7 Å². The van der Waals surface area contributed by atoms with Gasteiger partial charge in [-0.05, 0) is 13.3 Å². The Hall–Kier alpha value is -2.46. The molecule has 2 aromatic rings. The van der Waals surface area contributed by atoms with Crippen molar-refractivity contribution in [3.63, 3.8) is 0 Å². The summed E-state index contributed by atoms with van der Waals surface area (Å²) in [6.07, 6.45) is 2.89. The normalized spacial score (nSPS) is 19.9. The second-order valence-corrected chi connectivity index (χ2v) is 7.60. The van der Waals surface area contributed by atoms with Crippen LogP contribution in [0.2, 0.25) is 0 Å². The van der Waals surface area contributed by atoms with E-state index in [0.717, 1.165) is 24.2 Å². The predicted octanol–water partition coefficient (Wildman–Crippen LogP) is 2.62. The van der Waals surface area contributed by atoms with E-state index in [2.05, 4.69) is 20.3 Å². The molecule has 0 radical (unpaired) electrons. The van der Waals surface area contributed by atoms with Crippen molar-refractivity contribution in [1.29, 1.82) is 0 Å². The van der Waals surface area contributed by atoms with Crippen LogP contribution in [0.5, 0.6) is 5.88 Å². The molecule has 0 bridgehead atoms. The molecule has 144 valence electrons. The number of thiazole rings is 1. The monoisotopic (exact) mass is 393 g/mol. The van der Waals surface area contributed by atoms with E-state index >= 15 is 0 Å². The van der Waals surface area contributed by atoms with E-state index in [9.17, 15) is 14.0 Å². The molecule has 1 N–H and O–H groups in total. The Morgan fingerprint density at radius 1 is 1.41 bits per heavy atom. The first-order valence-electron chi connectivity index (χ1n) is 8.47. The fourth-order valence-electron chi connectivity index (χ4n) is 2.98. The Morgan fingerprint density at radius 2 is 2.19 bits per heavy atom. The summed E-state index contributed by atoms with van der Waals surface area (Å²) < 4.78 is 20.2. The van der Waals surface area contributed by atoms with Crippen molar-refractivity contribution in [2.45, 2.75) is 45.9 Å². The first-order valence-corrected chi connectivity index (χ1v) is 9.28. The Labute approximate surface area is 159 Å². The van der Waals surface area contributed by atoms with Crippen LogP contribution in [0.3, 0.4) is 0 Å². The van der Waals surface area contributed by atoms with Gasteiger partial charge in [-0.3, -0.25) is 14.5 Å². The van der Waals surface area contributed by atoms with Gasteiger partial charge in [-0.2, -0.15) is 9.37 Å². The van der Waals surface area contributed by atoms with Gasteiger partial charge in [0.2, 0.25) is 17.7 Å². The van der Waals surface area contributed by atoms with Crippen molar-refractivity contribution >= 4 is 28.2 Å². The molecule has 0 aliphatic carbocycles. The van der Waals surface area contributed by atoms with Gasteiger partial charge in [0.25, 0.3) is 0 Å². The lowest BCUT2D eigenvalue weighted by atomic mass is 10.2. The van der Waals surface area contributed by atoms with Crippen molar-refractivity contribution in [3.8, 4) is 5.88 Å². The minimum atomic E-state index is -0.701. The zero-order valence-corrected chi connectivity index (χ0v) is 16.1. The highest BCUT2D eigenvalue weighted by molar-refractivity contribution is 7.15. The maximum absolute atomic E-state index is 14.2. The Balaban J connectivity index is 1.76. The van der Waals surface area contributed by atoms with Crippen LogP contribution in [0.15, 0.2) is 12.4 Å². The fourth-order valence-corrected chi connectivity index (χ4v) is 3.88. The lowest BCUT2D eigenvalue weighted by Gasteiger charge is -2.34. The highest BCUT2D eigenvalue weighted by Crippen LogP contribution is 2.34. The minimum absolute atomic E-state index is 0.173. The smallest absolute Gasteiger partial charge is 0.230 e. The first-order chi connectivity index (χ1) is 12.8. The number of anilines is 1. The summed E-state index contributed by atoms with van der Waals surface area (Å²) in [4.78, 5) is 36.8. The summed E-state index contributed by atoms with van der Waals surface area (Å²) in [5, 5.41) is 2.73. The number of aromatic nitrogens is 3. The van der Waals surface area contributed by atoms with Crippen LogP contribution in [0.25, 0.3) is 0 Å². The largest absolute Gasteiger partial charge is 0.456 e. The average molecular weight is 393 g/mol. The third-order valence-corrected chi connectivity index (χ3v) is 5.26. The van der Waals surface area contributed by atoms with Gasteiger partial charge in [-0.25, -0.2) is 9.97 Å². The van der Waals surface area contributed by atoms with Crippen LogP contribution in [0.1, 0.15) is 49.0 Å². The molecule has 0 aromatic carbocycles. The third kappa shape index (κ3) is 4.45. The molecule has 1 saturated heterocycles. The SMILES string of the molecule is CC(=O)Nc1nc(F)c(CN2CCCC2(C)Oc2cc(C(C)=O)ncn2)s1. The van der Waals surface area contributed by atoms with Gasteiger partial charge in [0.15, 0.2) is 16.6 Å². The number of amides is 1. The van der Waals surface area contributed by atoms with Crippen molar-refractivity contribution in [3.05, 3.63) is 28.9 Å². The molecular formula is C17H20FN5O3S. The van der Waals surface area contributed by atoms with Crippen molar-refractivity contribution in [2.75, 3.05) is 11.9 Å². The predicted molar refractivity (Wildman–Crippen MR) is 97.1 cm³/mol. The zero-order valence-electron chi connectivity index (χ0n) is 15.3. The Morgan fingerprint density at radius 3 is 2.89 bits per heavy atom. The maximum Gasteiger partial charge on any atom is 0.230 e. The van der Waals surface area contributed by atoms with E-state index < -0.39 is 11.7 Å². The van der Waals surface area contributed by atoms with Gasteiger partial charge in [0.1, 0.15) is 12.0 Å². The van der Waals surface area contributed by atoms with Gasteiger partial charge in [-0.1, -0.05) is 11.3 Å². The topological polar surface area (TPSA) is 97.3 Å². The molecule has 3 rings (SSSR count). The maximum atomic E-state index is 14.2. The van der Waals surface area contributed by atoms with Crippen LogP contribution < -0.4 is 10.1 Å². The molecular weight excluding hydrogens is 373 g/mol. The molecule has 2 aromatic heterocycles. The van der Waals surface area contributed by atoms with E-state index in [1.165, 1.54) is 26.2 Å². The summed E-state index contributed by atoms with van der Waals surface area (Å²) in [6, 6.07) is 1.51. The number of carbonyl (C=O) groups is 2. The van der Waals surface area contributed by atoms with E-state index in [0.29, 0.717) is 23.8 Å². The van der Waals surface area contributed by atoms with Gasteiger partial charge in [0.05, 0.1) is 4.88 Å². The molecule has 0 spiro atoms. The number of halogens is 1. The number of nitrogens with zero attached hydrogens (tertiary/aromatic N) is 4. The Kier molecular flexibility index (Phi) is 5.47. The average Bonchev–Trinajstić information content (AvgIpc) is 3.10. The minimum Gasteiger partial charge on any atom is -0.456 e. The Bertz CT molecular complexity index is 874. The van der Waals surface area contributed by atoms with E-state index in [1.54, 1.807) is 0 Å². The first kappa shape index (κ1) is 19.3. The molecule has 1 amide bonds. The summed E-state index contributed by atoms with van der Waals surface area (Å²) in [6.45, 7) is 5.69. The van der Waals surface area contributed by atoms with E-state index in [4.69, 9.17) is 4.74 Å². The number of carbonyl (C=O) groups excluding carboxylic acids is 2. The quantitative estimate of drug-likeness (QED) is 0.754. The number of ketones is 1. The van der Waals surface area contributed by atoms with Gasteiger partial charge in [0, 0.05) is 39.4 Å². The van der Waals surface area contributed by atoms with Crippen LogP contribution in [-0.4, -0.2) is 43.8 Å². The van der Waals surface area contributed by atoms with E-state index in [-0.39, 0.29) is 22.5 Å². The van der Waals surface area contributed by atoms with Gasteiger partial charge in [-0.15, -0.1) is 0 Å². The van der Waals surface area contributed by atoms with Crippen LogP contribution >= 0.6 is 11.3 Å². The number of nitrogens with one attached hydrogen (secondary N) is 1. The summed E-state index contributed by atoms with van der Waals surface area (Å²) >= 11 is 1.10. The molecule has 10 heteroatoms. The van der Waals surface area contributed by atoms with Crippen molar-refractivity contribution in [2.24, 2.45) is 0 Å². The lowest BCUT2D eigenvalue weighted by Crippen LogP contribution is -2.45. The van der Waals surface area contributed by atoms with Crippen LogP contribution in [-0.2, 0) is 11.3 Å². The van der Waals surface area contributed by atoms with Gasteiger partial charge < -0.3 is 10.1 Å². The number of hydrogen-bond acceptors (Lipinski definition) is 8.